The number of anilines is 2. The van der Waals surface area contributed by atoms with E-state index in [9.17, 15) is 26.8 Å². The van der Waals surface area contributed by atoms with Crippen LogP contribution in [0, 0.1) is 11.8 Å². The highest BCUT2D eigenvalue weighted by molar-refractivity contribution is 7.92. The van der Waals surface area contributed by atoms with E-state index in [0.717, 1.165) is 6.26 Å². The standard InChI is InChI=1S/C35H35F2N5O5S/c1-20(36)32(43)41-24-10-7-21(8-11-24)29-27(22-9-12-25(26(17-22)47-5)33(44)40-19-35(37)15-16-35)28-30(42(29)4)23(18-39-31(28)38)13-14-34(2,3)48(6,45)46/h7-12,17-18H,1,15-16,19H2,2-6H3,(H2,38,39)(H,40,44)(H,41,43). The maximum absolute atomic E-state index is 14.2. The van der Waals surface area contributed by atoms with Crippen LogP contribution in [0.25, 0.3) is 33.3 Å². The smallest absolute Gasteiger partial charge is 0.283 e. The van der Waals surface area contributed by atoms with Crippen LogP contribution in [-0.4, -0.2) is 60.1 Å². The number of fused-ring (bicyclic) bond motifs is 1. The van der Waals surface area contributed by atoms with E-state index in [2.05, 4.69) is 34.0 Å². The van der Waals surface area contributed by atoms with Gasteiger partial charge in [-0.15, -0.1) is 0 Å². The molecule has 0 aliphatic heterocycles. The Bertz CT molecular complexity index is 2160. The second-order valence-corrected chi connectivity index (χ2v) is 14.8. The molecule has 1 saturated carbocycles. The number of alkyl halides is 1. The maximum atomic E-state index is 14.2. The van der Waals surface area contributed by atoms with Crippen LogP contribution < -0.4 is 21.1 Å². The van der Waals surface area contributed by atoms with Gasteiger partial charge in [0.2, 0.25) is 0 Å². The number of nitrogens with zero attached hydrogens (tertiary/aromatic N) is 2. The number of nitrogens with two attached hydrogens (primary N) is 1. The lowest BCUT2D eigenvalue weighted by Gasteiger charge is -2.14. The highest BCUT2D eigenvalue weighted by Gasteiger charge is 2.43. The molecule has 2 aromatic carbocycles. The van der Waals surface area contributed by atoms with Crippen molar-refractivity contribution in [2.45, 2.75) is 37.1 Å². The summed E-state index contributed by atoms with van der Waals surface area (Å²) in [5.41, 5.74) is 9.16. The average molecular weight is 676 g/mol. The number of rotatable bonds is 9. The summed E-state index contributed by atoms with van der Waals surface area (Å²) < 4.78 is 58.4. The van der Waals surface area contributed by atoms with Crippen molar-refractivity contribution < 1.29 is 31.5 Å². The number of hydrogen-bond acceptors (Lipinski definition) is 7. The van der Waals surface area contributed by atoms with E-state index in [1.165, 1.54) is 27.2 Å². The third-order valence-corrected chi connectivity index (χ3v) is 10.4. The summed E-state index contributed by atoms with van der Waals surface area (Å²) in [6.07, 6.45) is 3.40. The van der Waals surface area contributed by atoms with Crippen molar-refractivity contribution in [1.29, 1.82) is 0 Å². The van der Waals surface area contributed by atoms with Crippen molar-refractivity contribution in [3.63, 3.8) is 0 Å². The van der Waals surface area contributed by atoms with Crippen molar-refractivity contribution in [3.8, 4) is 40.0 Å². The molecule has 4 N–H and O–H groups in total. The first kappa shape index (κ1) is 34.1. The van der Waals surface area contributed by atoms with Crippen LogP contribution in [0.1, 0.15) is 42.6 Å². The molecule has 1 fully saturated rings. The Balaban J connectivity index is 1.72. The molecule has 0 radical (unpaired) electrons. The normalized spacial score (nSPS) is 13.7. The van der Waals surface area contributed by atoms with E-state index in [4.69, 9.17) is 10.5 Å². The zero-order chi connectivity index (χ0) is 35.2. The molecule has 48 heavy (non-hydrogen) atoms. The van der Waals surface area contributed by atoms with Gasteiger partial charge in [-0.3, -0.25) is 9.59 Å². The lowest BCUT2D eigenvalue weighted by atomic mass is 9.96. The zero-order valence-corrected chi connectivity index (χ0v) is 27.9. The number of carbonyl (C=O) groups is 2. The van der Waals surface area contributed by atoms with Crippen molar-refractivity contribution >= 4 is 44.1 Å². The molecule has 0 unspecified atom stereocenters. The third-order valence-electron chi connectivity index (χ3n) is 8.42. The van der Waals surface area contributed by atoms with Gasteiger partial charge in [0, 0.05) is 30.8 Å². The van der Waals surface area contributed by atoms with Gasteiger partial charge in [0.15, 0.2) is 15.7 Å². The van der Waals surface area contributed by atoms with Gasteiger partial charge in [-0.25, -0.2) is 22.2 Å². The summed E-state index contributed by atoms with van der Waals surface area (Å²) in [5.74, 6) is 3.67. The van der Waals surface area contributed by atoms with Gasteiger partial charge in [-0.05, 0) is 62.1 Å². The van der Waals surface area contributed by atoms with Gasteiger partial charge in [0.1, 0.15) is 22.0 Å². The van der Waals surface area contributed by atoms with Crippen LogP contribution in [0.3, 0.4) is 0 Å². The summed E-state index contributed by atoms with van der Waals surface area (Å²) >= 11 is 0. The van der Waals surface area contributed by atoms with Crippen LogP contribution >= 0.6 is 0 Å². The Kier molecular flexibility index (Phi) is 8.83. The number of benzene rings is 2. The summed E-state index contributed by atoms with van der Waals surface area (Å²) in [7, 11) is -0.319. The summed E-state index contributed by atoms with van der Waals surface area (Å²) in [5, 5.41) is 5.58. The molecule has 2 amide bonds. The fourth-order valence-corrected chi connectivity index (χ4v) is 5.36. The number of carbonyl (C=O) groups excluding carboxylic acids is 2. The number of hydrogen-bond donors (Lipinski definition) is 3. The van der Waals surface area contributed by atoms with Crippen LogP contribution in [0.2, 0.25) is 0 Å². The number of aryl methyl sites for hydroxylation is 1. The van der Waals surface area contributed by atoms with Gasteiger partial charge in [0.05, 0.1) is 41.4 Å². The van der Waals surface area contributed by atoms with Crippen molar-refractivity contribution in [2.75, 3.05) is 31.0 Å². The molecule has 0 bridgehead atoms. The highest BCUT2D eigenvalue weighted by atomic mass is 32.2. The minimum atomic E-state index is -3.53. The Hall–Kier alpha value is -5.22. The number of nitrogens with one attached hydrogen (secondary N) is 2. The van der Waals surface area contributed by atoms with Gasteiger partial charge < -0.3 is 25.7 Å². The topological polar surface area (TPSA) is 145 Å². The molecule has 0 saturated heterocycles. The summed E-state index contributed by atoms with van der Waals surface area (Å²) in [4.78, 5) is 29.3. The highest BCUT2D eigenvalue weighted by Crippen LogP contribution is 2.45. The molecule has 10 nitrogen and oxygen atoms in total. The van der Waals surface area contributed by atoms with Crippen LogP contribution in [-0.2, 0) is 21.7 Å². The number of halogens is 2. The predicted octanol–water partition coefficient (Wildman–Crippen LogP) is 5.33. The van der Waals surface area contributed by atoms with Gasteiger partial charge in [-0.1, -0.05) is 36.6 Å². The van der Waals surface area contributed by atoms with E-state index < -0.39 is 37.9 Å². The Morgan fingerprint density at radius 1 is 1.17 bits per heavy atom. The van der Waals surface area contributed by atoms with Crippen LogP contribution in [0.5, 0.6) is 5.75 Å². The van der Waals surface area contributed by atoms with Crippen molar-refractivity contribution in [2.24, 2.45) is 7.05 Å². The Morgan fingerprint density at radius 3 is 2.40 bits per heavy atom. The minimum absolute atomic E-state index is 0.0950. The largest absolute Gasteiger partial charge is 0.496 e. The van der Waals surface area contributed by atoms with Crippen molar-refractivity contribution in [1.82, 2.24) is 14.9 Å². The lowest BCUT2D eigenvalue weighted by molar-refractivity contribution is -0.114. The van der Waals surface area contributed by atoms with E-state index in [1.54, 1.807) is 49.5 Å². The van der Waals surface area contributed by atoms with Crippen LogP contribution in [0.4, 0.5) is 20.3 Å². The molecule has 250 valence electrons. The van der Waals surface area contributed by atoms with E-state index in [-0.39, 0.29) is 23.7 Å². The molecule has 0 spiro atoms. The number of methoxy groups -OCH3 is 1. The minimum Gasteiger partial charge on any atom is -0.496 e. The summed E-state index contributed by atoms with van der Waals surface area (Å²) in [6, 6.07) is 11.6. The van der Waals surface area contributed by atoms with Gasteiger partial charge in [-0.2, -0.15) is 0 Å². The molecule has 1 aliphatic rings. The first-order valence-corrected chi connectivity index (χ1v) is 16.8. The molecule has 2 heterocycles. The first-order valence-electron chi connectivity index (χ1n) is 14.9. The number of aromatic nitrogens is 2. The second-order valence-electron chi connectivity index (χ2n) is 12.3. The molecule has 5 rings (SSSR count). The predicted molar refractivity (Wildman–Crippen MR) is 183 cm³/mol. The van der Waals surface area contributed by atoms with E-state index in [0.29, 0.717) is 57.4 Å². The van der Waals surface area contributed by atoms with Gasteiger partial charge >= 0.3 is 0 Å². The van der Waals surface area contributed by atoms with Gasteiger partial charge in [0.25, 0.3) is 11.8 Å². The molecule has 1 aliphatic carbocycles. The second kappa shape index (κ2) is 12.4. The molecule has 0 atom stereocenters. The first-order chi connectivity index (χ1) is 22.5. The van der Waals surface area contributed by atoms with E-state index in [1.807, 2.05) is 4.57 Å². The van der Waals surface area contributed by atoms with Crippen LogP contribution in [0.15, 0.2) is 61.1 Å². The monoisotopic (exact) mass is 675 g/mol. The third kappa shape index (κ3) is 6.61. The molecule has 2 aromatic heterocycles. The Morgan fingerprint density at radius 2 is 1.81 bits per heavy atom. The number of nitrogen functional groups attached to an aromatic ring is 1. The number of sulfone groups is 1. The summed E-state index contributed by atoms with van der Waals surface area (Å²) in [6.45, 7) is 5.95. The number of amides is 2. The average Bonchev–Trinajstić information content (AvgIpc) is 3.69. The van der Waals surface area contributed by atoms with E-state index >= 15 is 0 Å². The number of ether oxygens (including phenoxy) is 1. The maximum Gasteiger partial charge on any atom is 0.283 e. The molecule has 13 heteroatoms. The fourth-order valence-electron chi connectivity index (χ4n) is 5.12. The quantitative estimate of drug-likeness (QED) is 0.161. The SMILES string of the molecule is C=C(F)C(=O)Nc1ccc(-c2c(-c3ccc(C(=O)NCC4(F)CC4)c(OC)c3)c3c(N)ncc(C#CC(C)(C)S(C)(=O)=O)c3n2C)cc1. The molecular weight excluding hydrogens is 640 g/mol. The van der Waals surface area contributed by atoms with Crippen molar-refractivity contribution in [3.05, 3.63) is 72.2 Å². The molecular formula is C35H35F2N5O5S. The fraction of sp³-hybridized carbons (Fsp3) is 0.286. The zero-order valence-electron chi connectivity index (χ0n) is 27.1. The number of pyridine rings is 1. The molecule has 4 aromatic rings. The lowest BCUT2D eigenvalue weighted by Crippen LogP contribution is -2.31. The Labute approximate surface area is 277 Å².